The Balaban J connectivity index is 2.22. The van der Waals surface area contributed by atoms with Crippen LogP contribution in [0.4, 0.5) is 0 Å². The van der Waals surface area contributed by atoms with Crippen molar-refractivity contribution >= 4 is 11.7 Å². The number of carbonyl (C=O) groups is 1. The average molecular weight is 319 g/mol. The fourth-order valence-corrected chi connectivity index (χ4v) is 2.53. The number of hydrogen-bond donors (Lipinski definition) is 1. The normalized spacial score (nSPS) is 13.8. The van der Waals surface area contributed by atoms with Crippen molar-refractivity contribution in [2.75, 3.05) is 39.9 Å². The van der Waals surface area contributed by atoms with Crippen LogP contribution in [0.5, 0.6) is 11.5 Å². The van der Waals surface area contributed by atoms with Gasteiger partial charge in [0.15, 0.2) is 18.1 Å². The van der Waals surface area contributed by atoms with Gasteiger partial charge in [0.2, 0.25) is 0 Å². The summed E-state index contributed by atoms with van der Waals surface area (Å²) in [4.78, 5) is 18.4. The molecule has 126 valence electrons. The minimum Gasteiger partial charge on any atom is -0.493 e. The predicted octanol–water partition coefficient (Wildman–Crippen LogP) is 1.68. The summed E-state index contributed by atoms with van der Waals surface area (Å²) in [5, 5.41) is 3.28. The molecule has 0 aromatic heterocycles. The minimum absolute atomic E-state index is 0.0116. The van der Waals surface area contributed by atoms with Crippen LogP contribution in [-0.2, 0) is 4.79 Å². The van der Waals surface area contributed by atoms with E-state index in [9.17, 15) is 4.79 Å². The van der Waals surface area contributed by atoms with E-state index in [0.29, 0.717) is 24.6 Å². The first-order valence-corrected chi connectivity index (χ1v) is 8.07. The van der Waals surface area contributed by atoms with Gasteiger partial charge in [0, 0.05) is 26.2 Å². The molecule has 1 aliphatic heterocycles. The summed E-state index contributed by atoms with van der Waals surface area (Å²) < 4.78 is 11.2. The zero-order valence-electron chi connectivity index (χ0n) is 14.1. The Morgan fingerprint density at radius 2 is 2.13 bits per heavy atom. The van der Waals surface area contributed by atoms with Crippen LogP contribution in [0.25, 0.3) is 0 Å². The van der Waals surface area contributed by atoms with Crippen molar-refractivity contribution in [1.82, 2.24) is 10.2 Å². The number of amides is 1. The first-order chi connectivity index (χ1) is 11.2. The van der Waals surface area contributed by atoms with Crippen molar-refractivity contribution in [3.8, 4) is 11.5 Å². The molecule has 0 fully saturated rings. The molecule has 0 bridgehead atoms. The molecule has 23 heavy (non-hydrogen) atoms. The summed E-state index contributed by atoms with van der Waals surface area (Å²) >= 11 is 0. The zero-order chi connectivity index (χ0) is 16.7. The third-order valence-electron chi connectivity index (χ3n) is 3.81. The molecule has 6 heteroatoms. The number of aliphatic imine (C=N–C) groups is 1. The fourth-order valence-electron chi connectivity index (χ4n) is 2.53. The number of benzene rings is 1. The number of hydrogen-bond acceptors (Lipinski definition) is 5. The smallest absolute Gasteiger partial charge is 0.260 e. The fraction of sp³-hybridized carbons (Fsp3) is 0.529. The number of likely N-dealkylation sites (N-methyl/N-ethyl adjacent to an activating group) is 1. The summed E-state index contributed by atoms with van der Waals surface area (Å²) in [6.45, 7) is 6.91. The lowest BCUT2D eigenvalue weighted by Crippen LogP contribution is -2.35. The highest BCUT2D eigenvalue weighted by molar-refractivity contribution is 6.02. The Kier molecular flexibility index (Phi) is 6.26. The number of rotatable bonds is 7. The molecule has 0 unspecified atom stereocenters. The number of carbonyl (C=O) groups excluding carboxylic acids is 1. The van der Waals surface area contributed by atoms with E-state index in [1.807, 2.05) is 32.0 Å². The Morgan fingerprint density at radius 1 is 1.35 bits per heavy atom. The molecule has 1 heterocycles. The number of ether oxygens (including phenoxy) is 2. The SMILES string of the molecule is CCN(CC)C(=O)COc1c(OC)cccc1C1=NCCCN1. The summed E-state index contributed by atoms with van der Waals surface area (Å²) in [6, 6.07) is 5.65. The highest BCUT2D eigenvalue weighted by Crippen LogP contribution is 2.31. The highest BCUT2D eigenvalue weighted by atomic mass is 16.5. The largest absolute Gasteiger partial charge is 0.493 e. The molecule has 0 saturated heterocycles. The van der Waals surface area contributed by atoms with Crippen LogP contribution < -0.4 is 14.8 Å². The average Bonchev–Trinajstić information content (AvgIpc) is 2.61. The van der Waals surface area contributed by atoms with Gasteiger partial charge in [0.05, 0.1) is 12.7 Å². The van der Waals surface area contributed by atoms with E-state index in [4.69, 9.17) is 9.47 Å². The van der Waals surface area contributed by atoms with Gasteiger partial charge in [-0.15, -0.1) is 0 Å². The van der Waals surface area contributed by atoms with Crippen molar-refractivity contribution in [2.45, 2.75) is 20.3 Å². The Labute approximate surface area is 137 Å². The van der Waals surface area contributed by atoms with Gasteiger partial charge in [-0.3, -0.25) is 9.79 Å². The van der Waals surface area contributed by atoms with Crippen LogP contribution >= 0.6 is 0 Å². The maximum Gasteiger partial charge on any atom is 0.260 e. The predicted molar refractivity (Wildman–Crippen MR) is 90.4 cm³/mol. The van der Waals surface area contributed by atoms with Crippen molar-refractivity contribution in [3.63, 3.8) is 0 Å². The van der Waals surface area contributed by atoms with E-state index in [1.165, 1.54) is 0 Å². The van der Waals surface area contributed by atoms with Crippen LogP contribution in [0.2, 0.25) is 0 Å². The molecule has 1 aliphatic rings. The number of para-hydroxylation sites is 1. The van der Waals surface area contributed by atoms with Crippen LogP contribution in [-0.4, -0.2) is 56.5 Å². The molecule has 6 nitrogen and oxygen atoms in total. The molecule has 1 aromatic rings. The molecular weight excluding hydrogens is 294 g/mol. The van der Waals surface area contributed by atoms with Crippen LogP contribution in [0.1, 0.15) is 25.8 Å². The van der Waals surface area contributed by atoms with Crippen molar-refractivity contribution < 1.29 is 14.3 Å². The van der Waals surface area contributed by atoms with Gasteiger partial charge < -0.3 is 19.7 Å². The summed E-state index contributed by atoms with van der Waals surface area (Å²) in [6.07, 6.45) is 1.02. The molecule has 0 atom stereocenters. The number of nitrogens with zero attached hydrogens (tertiary/aromatic N) is 2. The number of amidine groups is 1. The second kappa shape index (κ2) is 8.41. The van der Waals surface area contributed by atoms with E-state index >= 15 is 0 Å². The van der Waals surface area contributed by atoms with E-state index < -0.39 is 0 Å². The Morgan fingerprint density at radius 3 is 2.74 bits per heavy atom. The first kappa shape index (κ1) is 17.1. The van der Waals surface area contributed by atoms with Crippen molar-refractivity contribution in [3.05, 3.63) is 23.8 Å². The molecule has 0 radical (unpaired) electrons. The highest BCUT2D eigenvalue weighted by Gasteiger charge is 2.19. The van der Waals surface area contributed by atoms with E-state index in [-0.39, 0.29) is 12.5 Å². The monoisotopic (exact) mass is 319 g/mol. The lowest BCUT2D eigenvalue weighted by molar-refractivity contribution is -0.132. The van der Waals surface area contributed by atoms with E-state index in [2.05, 4.69) is 10.3 Å². The molecular formula is C17H25N3O3. The molecule has 2 rings (SSSR count). The third-order valence-corrected chi connectivity index (χ3v) is 3.81. The minimum atomic E-state index is -0.0367. The topological polar surface area (TPSA) is 63.2 Å². The second-order valence-corrected chi connectivity index (χ2v) is 5.20. The van der Waals surface area contributed by atoms with Gasteiger partial charge >= 0.3 is 0 Å². The lowest BCUT2D eigenvalue weighted by atomic mass is 10.1. The van der Waals surface area contributed by atoms with Crippen LogP contribution in [0.3, 0.4) is 0 Å². The summed E-state index contributed by atoms with van der Waals surface area (Å²) in [5.74, 6) is 1.92. The second-order valence-electron chi connectivity index (χ2n) is 5.20. The molecule has 0 spiro atoms. The van der Waals surface area contributed by atoms with Gasteiger partial charge in [-0.2, -0.15) is 0 Å². The van der Waals surface area contributed by atoms with Crippen LogP contribution in [0, 0.1) is 0 Å². The Hall–Kier alpha value is -2.24. The number of nitrogens with one attached hydrogen (secondary N) is 1. The van der Waals surface area contributed by atoms with Gasteiger partial charge in [-0.25, -0.2) is 0 Å². The van der Waals surface area contributed by atoms with Gasteiger partial charge in [-0.1, -0.05) is 6.07 Å². The first-order valence-electron chi connectivity index (χ1n) is 8.07. The van der Waals surface area contributed by atoms with E-state index in [1.54, 1.807) is 12.0 Å². The molecule has 0 aliphatic carbocycles. The summed E-state index contributed by atoms with van der Waals surface area (Å²) in [5.41, 5.74) is 0.830. The molecule has 1 amide bonds. The maximum absolute atomic E-state index is 12.2. The Bertz CT molecular complexity index is 568. The van der Waals surface area contributed by atoms with Gasteiger partial charge in [-0.05, 0) is 32.4 Å². The van der Waals surface area contributed by atoms with E-state index in [0.717, 1.165) is 30.9 Å². The van der Waals surface area contributed by atoms with Crippen LogP contribution in [0.15, 0.2) is 23.2 Å². The van der Waals surface area contributed by atoms with Gasteiger partial charge in [0.1, 0.15) is 5.84 Å². The quantitative estimate of drug-likeness (QED) is 0.830. The van der Waals surface area contributed by atoms with Crippen molar-refractivity contribution in [2.24, 2.45) is 4.99 Å². The lowest BCUT2D eigenvalue weighted by Gasteiger charge is -2.21. The standard InChI is InChI=1S/C17H25N3O3/c1-4-20(5-2)15(21)12-23-16-13(8-6-9-14(16)22-3)17-18-10-7-11-19-17/h6,8-9H,4-5,7,10-12H2,1-3H3,(H,18,19). The summed E-state index contributed by atoms with van der Waals surface area (Å²) in [7, 11) is 1.59. The van der Waals surface area contributed by atoms with Crippen molar-refractivity contribution in [1.29, 1.82) is 0 Å². The number of methoxy groups -OCH3 is 1. The third kappa shape index (κ3) is 4.15. The molecule has 1 N–H and O–H groups in total. The maximum atomic E-state index is 12.2. The van der Waals surface area contributed by atoms with Gasteiger partial charge in [0.25, 0.3) is 5.91 Å². The molecule has 1 aromatic carbocycles. The molecule has 0 saturated carbocycles. The zero-order valence-corrected chi connectivity index (χ0v) is 14.1.